The van der Waals surface area contributed by atoms with E-state index >= 15 is 0 Å². The minimum atomic E-state index is -4.10. The Hall–Kier alpha value is -4.82. The molecule has 0 unspecified atom stereocenters. The number of hydrogen-bond donors (Lipinski definition) is 6. The Morgan fingerprint density at radius 1 is 0.474 bits per heavy atom. The summed E-state index contributed by atoms with van der Waals surface area (Å²) >= 11 is 0. The van der Waals surface area contributed by atoms with E-state index < -0.39 is 20.0 Å². The maximum absolute atomic E-state index is 13.2. The monoisotopic (exact) mass is 554 g/mol. The van der Waals surface area contributed by atoms with Crippen LogP contribution >= 0.6 is 0 Å². The fourth-order valence-corrected chi connectivity index (χ4v) is 6.17. The predicted molar refractivity (Wildman–Crippen MR) is 144 cm³/mol. The van der Waals surface area contributed by atoms with Crippen molar-refractivity contribution < 1.29 is 26.4 Å². The molecule has 38 heavy (non-hydrogen) atoms. The number of carbonyl (C=O) groups is 2. The van der Waals surface area contributed by atoms with Gasteiger partial charge in [0.1, 0.15) is 0 Å². The second kappa shape index (κ2) is 11.1. The Morgan fingerprint density at radius 3 is 1.16 bits per heavy atom. The highest BCUT2D eigenvalue weighted by molar-refractivity contribution is 7.93. The zero-order valence-electron chi connectivity index (χ0n) is 19.5. The molecular weight excluding hydrogens is 532 g/mol. The molecular formula is C24H22N6O6S2. The van der Waals surface area contributed by atoms with Gasteiger partial charge in [0.25, 0.3) is 20.0 Å². The molecule has 0 aromatic heterocycles. The lowest BCUT2D eigenvalue weighted by molar-refractivity contribution is -0.109. The van der Waals surface area contributed by atoms with E-state index in [1.165, 1.54) is 60.7 Å². The quantitative estimate of drug-likeness (QED) is 0.114. The normalized spacial score (nSPS) is 11.3. The molecule has 0 aliphatic rings. The number of anilines is 4. The molecule has 0 saturated heterocycles. The van der Waals surface area contributed by atoms with E-state index in [0.29, 0.717) is 24.2 Å². The molecule has 0 heterocycles. The lowest BCUT2D eigenvalue weighted by Gasteiger charge is -2.14. The Morgan fingerprint density at radius 2 is 0.816 bits per heavy atom. The van der Waals surface area contributed by atoms with Crippen LogP contribution in [0.3, 0.4) is 0 Å². The summed E-state index contributed by atoms with van der Waals surface area (Å²) in [5.74, 6) is 0. The van der Waals surface area contributed by atoms with Gasteiger partial charge in [0, 0.05) is 22.1 Å². The van der Waals surface area contributed by atoms with Gasteiger partial charge in [0.05, 0.1) is 21.2 Å². The maximum Gasteiger partial charge on any atom is 0.262 e. The van der Waals surface area contributed by atoms with E-state index in [9.17, 15) is 26.4 Å². The van der Waals surface area contributed by atoms with Crippen molar-refractivity contribution in [3.63, 3.8) is 0 Å². The molecule has 4 aromatic carbocycles. The van der Waals surface area contributed by atoms with Gasteiger partial charge >= 0.3 is 0 Å². The van der Waals surface area contributed by atoms with Crippen LogP contribution in [0.25, 0.3) is 10.8 Å². The first-order chi connectivity index (χ1) is 18.2. The summed E-state index contributed by atoms with van der Waals surface area (Å²) in [5.41, 5.74) is 11.4. The molecule has 196 valence electrons. The molecule has 14 heteroatoms. The predicted octanol–water partition coefficient (Wildman–Crippen LogP) is 2.59. The molecule has 6 N–H and O–H groups in total. The van der Waals surface area contributed by atoms with Gasteiger partial charge in [-0.15, -0.1) is 0 Å². The van der Waals surface area contributed by atoms with Crippen molar-refractivity contribution in [3.05, 3.63) is 84.9 Å². The third-order valence-electron chi connectivity index (χ3n) is 5.25. The number of sulfonamides is 2. The largest absolute Gasteiger partial charge is 0.299 e. The number of nitrogens with one attached hydrogen (secondary N) is 6. The topological polar surface area (TPSA) is 175 Å². The summed E-state index contributed by atoms with van der Waals surface area (Å²) in [4.78, 5) is 20.6. The van der Waals surface area contributed by atoms with Crippen LogP contribution in [0.2, 0.25) is 0 Å². The van der Waals surface area contributed by atoms with Gasteiger partial charge in [-0.05, 0) is 60.7 Å². The number of benzene rings is 4. The van der Waals surface area contributed by atoms with E-state index in [1.807, 2.05) is 0 Å². The number of carbonyl (C=O) groups excluding carboxylic acids is 2. The molecule has 0 radical (unpaired) electrons. The highest BCUT2D eigenvalue weighted by atomic mass is 32.2. The molecule has 0 fully saturated rings. The fourth-order valence-electron chi connectivity index (χ4n) is 3.61. The number of hydrazine groups is 2. The first-order valence-corrected chi connectivity index (χ1v) is 13.9. The zero-order valence-corrected chi connectivity index (χ0v) is 21.1. The second-order valence-electron chi connectivity index (χ2n) is 7.75. The standard InChI is InChI=1S/C24H22N6O6S2/c31-15-25-27-17-7-11-19(12-8-17)29-37(33,34)23-5-1-3-21-22(23)4-2-6-24(21)38(35,36)30-20-13-9-18(10-14-20)28-26-16-32/h1-16,27-30H,(H,25,31)(H,26,32). The van der Waals surface area contributed by atoms with Gasteiger partial charge in [-0.1, -0.05) is 24.3 Å². The maximum atomic E-state index is 13.2. The van der Waals surface area contributed by atoms with Crippen LogP contribution in [-0.4, -0.2) is 29.7 Å². The van der Waals surface area contributed by atoms with Crippen molar-refractivity contribution in [2.45, 2.75) is 9.79 Å². The van der Waals surface area contributed by atoms with Crippen LogP contribution in [0.5, 0.6) is 0 Å². The fraction of sp³-hybridized carbons (Fsp3) is 0. The molecule has 0 atom stereocenters. The smallest absolute Gasteiger partial charge is 0.262 e. The van der Waals surface area contributed by atoms with Gasteiger partial charge < -0.3 is 0 Å². The van der Waals surface area contributed by atoms with Gasteiger partial charge in [0.2, 0.25) is 12.8 Å². The Labute approximate surface area is 218 Å². The van der Waals surface area contributed by atoms with Crippen molar-refractivity contribution in [1.29, 1.82) is 0 Å². The van der Waals surface area contributed by atoms with Crippen LogP contribution in [0, 0.1) is 0 Å². The lowest BCUT2D eigenvalue weighted by atomic mass is 10.1. The second-order valence-corrected chi connectivity index (χ2v) is 11.0. The molecule has 4 aromatic rings. The van der Waals surface area contributed by atoms with E-state index in [-0.39, 0.29) is 31.9 Å². The number of amides is 2. The molecule has 0 bridgehead atoms. The number of rotatable bonds is 12. The number of hydrogen-bond acceptors (Lipinski definition) is 8. The van der Waals surface area contributed by atoms with Crippen molar-refractivity contribution in [3.8, 4) is 0 Å². The minimum absolute atomic E-state index is 0.102. The van der Waals surface area contributed by atoms with E-state index in [0.717, 1.165) is 0 Å². The summed E-state index contributed by atoms with van der Waals surface area (Å²) in [6, 6.07) is 21.1. The van der Waals surface area contributed by atoms with E-state index in [2.05, 4.69) is 31.1 Å². The summed E-state index contributed by atoms with van der Waals surface area (Å²) in [5, 5.41) is 0.437. The third kappa shape index (κ3) is 5.93. The highest BCUT2D eigenvalue weighted by Crippen LogP contribution is 2.31. The van der Waals surface area contributed by atoms with Gasteiger partial charge in [-0.3, -0.25) is 40.7 Å². The summed E-state index contributed by atoms with van der Waals surface area (Å²) < 4.78 is 58.0. The number of fused-ring (bicyclic) bond motifs is 1. The Balaban J connectivity index is 1.63. The van der Waals surface area contributed by atoms with Gasteiger partial charge in [-0.25, -0.2) is 16.8 Å². The van der Waals surface area contributed by atoms with Gasteiger partial charge in [0.15, 0.2) is 0 Å². The third-order valence-corrected chi connectivity index (χ3v) is 8.13. The molecule has 4 rings (SSSR count). The van der Waals surface area contributed by atoms with E-state index in [1.54, 1.807) is 24.3 Å². The molecule has 0 aliphatic carbocycles. The van der Waals surface area contributed by atoms with E-state index in [4.69, 9.17) is 0 Å². The average molecular weight is 555 g/mol. The highest BCUT2D eigenvalue weighted by Gasteiger charge is 2.22. The summed E-state index contributed by atoms with van der Waals surface area (Å²) in [7, 11) is -8.20. The molecule has 0 aliphatic heterocycles. The van der Waals surface area contributed by atoms with Crippen molar-refractivity contribution in [2.24, 2.45) is 0 Å². The Kier molecular flexibility index (Phi) is 7.64. The van der Waals surface area contributed by atoms with Crippen LogP contribution in [0.4, 0.5) is 22.7 Å². The van der Waals surface area contributed by atoms with Crippen LogP contribution < -0.4 is 31.1 Å². The molecule has 0 spiro atoms. The summed E-state index contributed by atoms with van der Waals surface area (Å²) in [6.45, 7) is 0. The SMILES string of the molecule is O=CNNc1ccc(NS(=O)(=O)c2cccc3c(S(=O)(=O)Nc4ccc(NNC=O)cc4)cccc23)cc1. The van der Waals surface area contributed by atoms with Crippen molar-refractivity contribution >= 4 is 66.4 Å². The molecule has 0 saturated carbocycles. The van der Waals surface area contributed by atoms with Crippen molar-refractivity contribution in [2.75, 3.05) is 20.3 Å². The molecule has 12 nitrogen and oxygen atoms in total. The zero-order chi connectivity index (χ0) is 27.2. The Bertz CT molecular complexity index is 1550. The first-order valence-electron chi connectivity index (χ1n) is 10.9. The minimum Gasteiger partial charge on any atom is -0.299 e. The van der Waals surface area contributed by atoms with Crippen molar-refractivity contribution in [1.82, 2.24) is 10.9 Å². The van der Waals surface area contributed by atoms with Crippen LogP contribution in [0.1, 0.15) is 0 Å². The summed E-state index contributed by atoms with van der Waals surface area (Å²) in [6.07, 6.45) is 0.925. The average Bonchev–Trinajstić information content (AvgIpc) is 2.91. The lowest BCUT2D eigenvalue weighted by Crippen LogP contribution is -2.19. The van der Waals surface area contributed by atoms with Crippen LogP contribution in [0.15, 0.2) is 94.7 Å². The van der Waals surface area contributed by atoms with Gasteiger partial charge in [-0.2, -0.15) is 0 Å². The first kappa shape index (κ1) is 26.2. The van der Waals surface area contributed by atoms with Crippen LogP contribution in [-0.2, 0) is 29.6 Å². The molecule has 2 amide bonds.